The molecule has 1 aromatic heterocycles. The Balaban J connectivity index is 2.28. The summed E-state index contributed by atoms with van der Waals surface area (Å²) >= 11 is 3.46. The molecule has 0 spiro atoms. The summed E-state index contributed by atoms with van der Waals surface area (Å²) in [5.41, 5.74) is 1.69. The molecule has 0 aliphatic heterocycles. The highest BCUT2D eigenvalue weighted by Crippen LogP contribution is 2.18. The van der Waals surface area contributed by atoms with Gasteiger partial charge in [-0.3, -0.25) is 0 Å². The predicted molar refractivity (Wildman–Crippen MR) is 68.9 cm³/mol. The number of aromatic nitrogens is 2. The van der Waals surface area contributed by atoms with Gasteiger partial charge in [0.2, 0.25) is 0 Å². The maximum atomic E-state index is 13.1. The zero-order valence-corrected chi connectivity index (χ0v) is 11.0. The Hall–Kier alpha value is -1.20. The lowest BCUT2D eigenvalue weighted by molar-refractivity contribution is 0.625. The van der Waals surface area contributed by atoms with Crippen molar-refractivity contribution in [3.63, 3.8) is 0 Å². The highest BCUT2D eigenvalue weighted by Gasteiger charge is 2.07. The van der Waals surface area contributed by atoms with E-state index in [0.29, 0.717) is 0 Å². The first-order chi connectivity index (χ1) is 8.20. The first kappa shape index (κ1) is 12.3. The van der Waals surface area contributed by atoms with Crippen molar-refractivity contribution in [1.82, 2.24) is 15.1 Å². The fraction of sp³-hybridized carbons (Fsp3) is 0.250. The Morgan fingerprint density at radius 3 is 3.00 bits per heavy atom. The third kappa shape index (κ3) is 2.92. The Bertz CT molecular complexity index is 510. The van der Waals surface area contributed by atoms with Crippen LogP contribution in [-0.4, -0.2) is 23.4 Å². The van der Waals surface area contributed by atoms with E-state index >= 15 is 0 Å². The predicted octanol–water partition coefficient (Wildman–Crippen LogP) is 2.54. The molecule has 0 unspecified atom stereocenters. The summed E-state index contributed by atoms with van der Waals surface area (Å²) in [5.74, 6) is -0.258. The highest BCUT2D eigenvalue weighted by atomic mass is 79.9. The van der Waals surface area contributed by atoms with Crippen LogP contribution in [0.2, 0.25) is 0 Å². The van der Waals surface area contributed by atoms with Crippen molar-refractivity contribution in [3.05, 3.63) is 46.4 Å². The molecular weight excluding hydrogens is 285 g/mol. The fourth-order valence-corrected chi connectivity index (χ4v) is 2.02. The molecule has 0 saturated carbocycles. The van der Waals surface area contributed by atoms with E-state index in [1.807, 2.05) is 19.3 Å². The van der Waals surface area contributed by atoms with Crippen LogP contribution in [0.1, 0.15) is 5.69 Å². The molecule has 0 amide bonds. The van der Waals surface area contributed by atoms with Crippen molar-refractivity contribution >= 4 is 15.9 Å². The van der Waals surface area contributed by atoms with Crippen LogP contribution in [0.3, 0.4) is 0 Å². The summed E-state index contributed by atoms with van der Waals surface area (Å²) in [7, 11) is 1.90. The van der Waals surface area contributed by atoms with E-state index in [1.54, 1.807) is 10.7 Å². The molecule has 0 bridgehead atoms. The fourth-order valence-electron chi connectivity index (χ4n) is 1.55. The SMILES string of the molecule is CNCCc1nn(-c2cccc(F)c2)cc1Br. The molecule has 1 N–H and O–H groups in total. The van der Waals surface area contributed by atoms with Crippen LogP contribution in [-0.2, 0) is 6.42 Å². The Kier molecular flexibility index (Phi) is 3.91. The first-order valence-electron chi connectivity index (χ1n) is 5.35. The van der Waals surface area contributed by atoms with Crippen LogP contribution in [0.15, 0.2) is 34.9 Å². The third-order valence-corrected chi connectivity index (χ3v) is 3.09. The number of nitrogens with one attached hydrogen (secondary N) is 1. The number of rotatable bonds is 4. The highest BCUT2D eigenvalue weighted by molar-refractivity contribution is 9.10. The van der Waals surface area contributed by atoms with E-state index in [-0.39, 0.29) is 5.82 Å². The topological polar surface area (TPSA) is 29.9 Å². The van der Waals surface area contributed by atoms with E-state index in [2.05, 4.69) is 26.3 Å². The van der Waals surface area contributed by atoms with E-state index in [4.69, 9.17) is 0 Å². The average Bonchev–Trinajstić information content (AvgIpc) is 2.68. The maximum absolute atomic E-state index is 13.1. The lowest BCUT2D eigenvalue weighted by atomic mass is 10.3. The molecule has 0 radical (unpaired) electrons. The molecule has 2 aromatic rings. The van der Waals surface area contributed by atoms with E-state index in [0.717, 1.165) is 28.8 Å². The van der Waals surface area contributed by atoms with Crippen molar-refractivity contribution in [1.29, 1.82) is 0 Å². The average molecular weight is 298 g/mol. The summed E-state index contributed by atoms with van der Waals surface area (Å²) in [6, 6.07) is 6.38. The zero-order valence-electron chi connectivity index (χ0n) is 9.45. The molecular formula is C12H13BrFN3. The third-order valence-electron chi connectivity index (χ3n) is 2.42. The van der Waals surface area contributed by atoms with E-state index < -0.39 is 0 Å². The smallest absolute Gasteiger partial charge is 0.125 e. The lowest BCUT2D eigenvalue weighted by Gasteiger charge is -2.00. The quantitative estimate of drug-likeness (QED) is 0.940. The minimum atomic E-state index is -0.258. The van der Waals surface area contributed by atoms with Gasteiger partial charge in [-0.05, 0) is 41.2 Å². The van der Waals surface area contributed by atoms with Crippen LogP contribution >= 0.6 is 15.9 Å². The van der Waals surface area contributed by atoms with Gasteiger partial charge in [-0.2, -0.15) is 5.10 Å². The molecule has 90 valence electrons. The number of hydrogen-bond donors (Lipinski definition) is 1. The van der Waals surface area contributed by atoms with Gasteiger partial charge < -0.3 is 5.32 Å². The molecule has 1 aromatic carbocycles. The molecule has 0 aliphatic rings. The second-order valence-electron chi connectivity index (χ2n) is 3.70. The van der Waals surface area contributed by atoms with Gasteiger partial charge in [0.1, 0.15) is 5.82 Å². The van der Waals surface area contributed by atoms with Gasteiger partial charge >= 0.3 is 0 Å². The van der Waals surface area contributed by atoms with Gasteiger partial charge in [-0.25, -0.2) is 9.07 Å². The molecule has 17 heavy (non-hydrogen) atoms. The summed E-state index contributed by atoms with van der Waals surface area (Å²) in [6.45, 7) is 0.860. The van der Waals surface area contributed by atoms with Crippen LogP contribution < -0.4 is 5.32 Å². The number of hydrogen-bond acceptors (Lipinski definition) is 2. The van der Waals surface area contributed by atoms with Crippen molar-refractivity contribution in [2.45, 2.75) is 6.42 Å². The largest absolute Gasteiger partial charge is 0.319 e. The van der Waals surface area contributed by atoms with Gasteiger partial charge in [0.15, 0.2) is 0 Å². The summed E-state index contributed by atoms with van der Waals surface area (Å²) in [5, 5.41) is 7.49. The number of benzene rings is 1. The van der Waals surface area contributed by atoms with Crippen molar-refractivity contribution in [2.75, 3.05) is 13.6 Å². The standard InChI is InChI=1S/C12H13BrFN3/c1-15-6-5-12-11(13)8-17(16-12)10-4-2-3-9(14)7-10/h2-4,7-8,15H,5-6H2,1H3. The first-order valence-corrected chi connectivity index (χ1v) is 6.14. The van der Waals surface area contributed by atoms with Gasteiger partial charge in [-0.15, -0.1) is 0 Å². The van der Waals surface area contributed by atoms with Gasteiger partial charge in [0, 0.05) is 19.2 Å². The van der Waals surface area contributed by atoms with Crippen LogP contribution in [0.25, 0.3) is 5.69 Å². The van der Waals surface area contributed by atoms with Gasteiger partial charge in [-0.1, -0.05) is 6.07 Å². The summed E-state index contributed by atoms with van der Waals surface area (Å²) < 4.78 is 15.7. The molecule has 0 fully saturated rings. The Morgan fingerprint density at radius 1 is 1.47 bits per heavy atom. The molecule has 1 heterocycles. The van der Waals surface area contributed by atoms with Crippen LogP contribution in [0.5, 0.6) is 0 Å². The molecule has 0 atom stereocenters. The van der Waals surface area contributed by atoms with Crippen molar-refractivity contribution in [2.24, 2.45) is 0 Å². The van der Waals surface area contributed by atoms with Crippen LogP contribution in [0, 0.1) is 5.82 Å². The zero-order chi connectivity index (χ0) is 12.3. The van der Waals surface area contributed by atoms with Crippen molar-refractivity contribution < 1.29 is 4.39 Å². The van der Waals surface area contributed by atoms with Crippen molar-refractivity contribution in [3.8, 4) is 5.69 Å². The number of nitrogens with zero attached hydrogens (tertiary/aromatic N) is 2. The summed E-state index contributed by atoms with van der Waals surface area (Å²) in [6.07, 6.45) is 2.68. The van der Waals surface area contributed by atoms with Crippen LogP contribution in [0.4, 0.5) is 4.39 Å². The maximum Gasteiger partial charge on any atom is 0.125 e. The summed E-state index contributed by atoms with van der Waals surface area (Å²) in [4.78, 5) is 0. The molecule has 5 heteroatoms. The molecule has 3 nitrogen and oxygen atoms in total. The Morgan fingerprint density at radius 2 is 2.29 bits per heavy atom. The second kappa shape index (κ2) is 5.42. The van der Waals surface area contributed by atoms with Gasteiger partial charge in [0.05, 0.1) is 15.9 Å². The van der Waals surface area contributed by atoms with E-state index in [1.165, 1.54) is 12.1 Å². The molecule has 2 rings (SSSR count). The lowest BCUT2D eigenvalue weighted by Crippen LogP contribution is -2.11. The molecule has 0 saturated heterocycles. The number of likely N-dealkylation sites (N-methyl/N-ethyl adjacent to an activating group) is 1. The Labute approximate surface area is 108 Å². The normalized spacial score (nSPS) is 10.8. The molecule has 0 aliphatic carbocycles. The minimum Gasteiger partial charge on any atom is -0.319 e. The minimum absolute atomic E-state index is 0.258. The monoisotopic (exact) mass is 297 g/mol. The van der Waals surface area contributed by atoms with E-state index in [9.17, 15) is 4.39 Å². The second-order valence-corrected chi connectivity index (χ2v) is 4.56. The van der Waals surface area contributed by atoms with Gasteiger partial charge in [0.25, 0.3) is 0 Å². The number of halogens is 2.